The van der Waals surface area contributed by atoms with Crippen LogP contribution in [-0.2, 0) is 0 Å². The van der Waals surface area contributed by atoms with E-state index in [4.69, 9.17) is 5.73 Å². The second-order valence-corrected chi connectivity index (χ2v) is 3.86. The Kier molecular flexibility index (Phi) is 4.19. The zero-order valence-corrected chi connectivity index (χ0v) is 9.34. The van der Waals surface area contributed by atoms with Crippen LogP contribution in [0.1, 0.15) is 24.3 Å². The van der Waals surface area contributed by atoms with E-state index in [1.165, 1.54) is 6.07 Å². The predicted molar refractivity (Wildman–Crippen MR) is 59.9 cm³/mol. The SMILES string of the molecule is CC(C)C(O)CNc1ccc(C(N)=O)nn1. The molecule has 6 nitrogen and oxygen atoms in total. The number of aliphatic hydroxyl groups is 1. The molecular weight excluding hydrogens is 208 g/mol. The van der Waals surface area contributed by atoms with Crippen LogP contribution in [0.25, 0.3) is 0 Å². The van der Waals surface area contributed by atoms with Crippen molar-refractivity contribution < 1.29 is 9.90 Å². The molecule has 1 aromatic rings. The monoisotopic (exact) mass is 224 g/mol. The molecule has 4 N–H and O–H groups in total. The van der Waals surface area contributed by atoms with Crippen molar-refractivity contribution in [2.24, 2.45) is 11.7 Å². The van der Waals surface area contributed by atoms with Gasteiger partial charge in [0.15, 0.2) is 5.69 Å². The molecule has 0 saturated carbocycles. The van der Waals surface area contributed by atoms with Gasteiger partial charge in [0, 0.05) is 6.54 Å². The zero-order valence-electron chi connectivity index (χ0n) is 9.34. The van der Waals surface area contributed by atoms with Crippen LogP contribution in [-0.4, -0.2) is 33.9 Å². The first-order valence-corrected chi connectivity index (χ1v) is 5.06. The van der Waals surface area contributed by atoms with Crippen molar-refractivity contribution in [3.05, 3.63) is 17.8 Å². The van der Waals surface area contributed by atoms with Crippen LogP contribution in [0.2, 0.25) is 0 Å². The van der Waals surface area contributed by atoms with Gasteiger partial charge in [0.05, 0.1) is 6.10 Å². The lowest BCUT2D eigenvalue weighted by Gasteiger charge is -2.14. The van der Waals surface area contributed by atoms with Crippen LogP contribution in [0.5, 0.6) is 0 Å². The number of hydrogen-bond acceptors (Lipinski definition) is 5. The molecular formula is C10H16N4O2. The molecule has 1 amide bonds. The molecule has 16 heavy (non-hydrogen) atoms. The number of hydrogen-bond donors (Lipinski definition) is 3. The molecule has 1 heterocycles. The van der Waals surface area contributed by atoms with Gasteiger partial charge in [0.1, 0.15) is 5.82 Å². The summed E-state index contributed by atoms with van der Waals surface area (Å²) in [4.78, 5) is 10.7. The van der Waals surface area contributed by atoms with E-state index in [-0.39, 0.29) is 11.6 Å². The smallest absolute Gasteiger partial charge is 0.269 e. The Balaban J connectivity index is 2.53. The van der Waals surface area contributed by atoms with Gasteiger partial charge >= 0.3 is 0 Å². The highest BCUT2D eigenvalue weighted by molar-refractivity contribution is 5.90. The molecule has 1 atom stereocenters. The third-order valence-corrected chi connectivity index (χ3v) is 2.18. The molecule has 0 radical (unpaired) electrons. The Morgan fingerprint density at radius 1 is 1.50 bits per heavy atom. The lowest BCUT2D eigenvalue weighted by Crippen LogP contribution is -2.25. The molecule has 0 aliphatic heterocycles. The normalized spacial score (nSPS) is 12.5. The third-order valence-electron chi connectivity index (χ3n) is 2.18. The van der Waals surface area contributed by atoms with E-state index in [1.54, 1.807) is 6.07 Å². The Morgan fingerprint density at radius 2 is 2.19 bits per heavy atom. The van der Waals surface area contributed by atoms with E-state index < -0.39 is 12.0 Å². The summed E-state index contributed by atoms with van der Waals surface area (Å²) in [7, 11) is 0. The lowest BCUT2D eigenvalue weighted by molar-refractivity contribution is 0.0994. The van der Waals surface area contributed by atoms with E-state index in [0.717, 1.165) is 0 Å². The molecule has 6 heteroatoms. The van der Waals surface area contributed by atoms with Gasteiger partial charge in [0.2, 0.25) is 0 Å². The number of carbonyl (C=O) groups is 1. The first-order valence-electron chi connectivity index (χ1n) is 5.06. The quantitative estimate of drug-likeness (QED) is 0.653. The number of carbonyl (C=O) groups excluding carboxylic acids is 1. The highest BCUT2D eigenvalue weighted by Crippen LogP contribution is 2.05. The Labute approximate surface area is 93.9 Å². The molecule has 1 unspecified atom stereocenters. The fourth-order valence-electron chi connectivity index (χ4n) is 1.00. The number of nitrogens with zero attached hydrogens (tertiary/aromatic N) is 2. The maximum absolute atomic E-state index is 10.7. The average Bonchev–Trinajstić information content (AvgIpc) is 2.26. The second kappa shape index (κ2) is 5.41. The van der Waals surface area contributed by atoms with Gasteiger partial charge in [-0.3, -0.25) is 4.79 Å². The topological polar surface area (TPSA) is 101 Å². The van der Waals surface area contributed by atoms with Gasteiger partial charge in [-0.05, 0) is 18.1 Å². The Hall–Kier alpha value is -1.69. The minimum atomic E-state index is -0.610. The van der Waals surface area contributed by atoms with Crippen molar-refractivity contribution >= 4 is 11.7 Å². The molecule has 1 aromatic heterocycles. The zero-order chi connectivity index (χ0) is 12.1. The summed E-state index contributed by atoms with van der Waals surface area (Å²) in [5.74, 6) is 0.0660. The van der Waals surface area contributed by atoms with Gasteiger partial charge < -0.3 is 16.2 Å². The summed E-state index contributed by atoms with van der Waals surface area (Å²) < 4.78 is 0. The summed E-state index contributed by atoms with van der Waals surface area (Å²) >= 11 is 0. The first kappa shape index (κ1) is 12.4. The fourth-order valence-corrected chi connectivity index (χ4v) is 1.00. The van der Waals surface area contributed by atoms with Gasteiger partial charge in [-0.1, -0.05) is 13.8 Å². The van der Waals surface area contributed by atoms with Crippen LogP contribution < -0.4 is 11.1 Å². The number of nitrogens with one attached hydrogen (secondary N) is 1. The maximum atomic E-state index is 10.7. The minimum Gasteiger partial charge on any atom is -0.391 e. The van der Waals surface area contributed by atoms with Gasteiger partial charge in [0.25, 0.3) is 5.91 Å². The van der Waals surface area contributed by atoms with Crippen LogP contribution in [0.4, 0.5) is 5.82 Å². The van der Waals surface area contributed by atoms with Gasteiger partial charge in [-0.15, -0.1) is 10.2 Å². The van der Waals surface area contributed by atoms with Crippen molar-refractivity contribution in [1.82, 2.24) is 10.2 Å². The fraction of sp³-hybridized carbons (Fsp3) is 0.500. The second-order valence-electron chi connectivity index (χ2n) is 3.86. The third kappa shape index (κ3) is 3.47. The van der Waals surface area contributed by atoms with E-state index in [9.17, 15) is 9.90 Å². The van der Waals surface area contributed by atoms with Crippen molar-refractivity contribution in [2.75, 3.05) is 11.9 Å². The number of primary amides is 1. The molecule has 0 bridgehead atoms. The van der Waals surface area contributed by atoms with Crippen LogP contribution in [0, 0.1) is 5.92 Å². The van der Waals surface area contributed by atoms with E-state index >= 15 is 0 Å². The first-order chi connectivity index (χ1) is 7.50. The standard InChI is InChI=1S/C10H16N4O2/c1-6(2)8(15)5-12-9-4-3-7(10(11)16)13-14-9/h3-4,6,8,15H,5H2,1-2H3,(H2,11,16)(H,12,14). The summed E-state index contributed by atoms with van der Waals surface area (Å²) in [6.45, 7) is 4.24. The highest BCUT2D eigenvalue weighted by Gasteiger charge is 2.09. The largest absolute Gasteiger partial charge is 0.391 e. The van der Waals surface area contributed by atoms with E-state index in [1.807, 2.05) is 13.8 Å². The average molecular weight is 224 g/mol. The number of aliphatic hydroxyl groups excluding tert-OH is 1. The molecule has 0 aliphatic rings. The van der Waals surface area contributed by atoms with Crippen molar-refractivity contribution in [3.8, 4) is 0 Å². The van der Waals surface area contributed by atoms with Crippen LogP contribution >= 0.6 is 0 Å². The predicted octanol–water partition coefficient (Wildman–Crippen LogP) is 0.00430. The van der Waals surface area contributed by atoms with Crippen molar-refractivity contribution in [3.63, 3.8) is 0 Å². The van der Waals surface area contributed by atoms with E-state index in [2.05, 4.69) is 15.5 Å². The Morgan fingerprint density at radius 3 is 2.62 bits per heavy atom. The molecule has 88 valence electrons. The molecule has 0 aliphatic carbocycles. The number of rotatable bonds is 5. The van der Waals surface area contributed by atoms with Gasteiger partial charge in [-0.25, -0.2) is 0 Å². The number of amides is 1. The van der Waals surface area contributed by atoms with Crippen molar-refractivity contribution in [2.45, 2.75) is 20.0 Å². The van der Waals surface area contributed by atoms with E-state index in [0.29, 0.717) is 12.4 Å². The van der Waals surface area contributed by atoms with Gasteiger partial charge in [-0.2, -0.15) is 0 Å². The maximum Gasteiger partial charge on any atom is 0.269 e. The molecule has 0 fully saturated rings. The Bertz CT molecular complexity index is 350. The number of anilines is 1. The summed E-state index contributed by atoms with van der Waals surface area (Å²) in [6.07, 6.45) is -0.447. The highest BCUT2D eigenvalue weighted by atomic mass is 16.3. The lowest BCUT2D eigenvalue weighted by atomic mass is 10.1. The molecule has 0 aromatic carbocycles. The minimum absolute atomic E-state index is 0.120. The molecule has 1 rings (SSSR count). The molecule has 0 spiro atoms. The number of aromatic nitrogens is 2. The van der Waals surface area contributed by atoms with Crippen LogP contribution in [0.3, 0.4) is 0 Å². The summed E-state index contributed by atoms with van der Waals surface area (Å²) in [5.41, 5.74) is 5.14. The molecule has 0 saturated heterocycles. The number of nitrogens with two attached hydrogens (primary N) is 1. The van der Waals surface area contributed by atoms with Crippen molar-refractivity contribution in [1.29, 1.82) is 0 Å². The summed E-state index contributed by atoms with van der Waals surface area (Å²) in [6, 6.07) is 3.08. The van der Waals surface area contributed by atoms with Crippen LogP contribution in [0.15, 0.2) is 12.1 Å². The summed E-state index contributed by atoms with van der Waals surface area (Å²) in [5, 5.41) is 19.9.